The van der Waals surface area contributed by atoms with Crippen molar-refractivity contribution in [2.24, 2.45) is 5.92 Å². The topological polar surface area (TPSA) is 58.6 Å². The number of amides is 1. The number of hydrogen-bond acceptors (Lipinski definition) is 3. The largest absolute Gasteiger partial charge is 0.444 e. The molecule has 118 valence electrons. The third kappa shape index (κ3) is 6.93. The number of alkyl carbamates (subject to hydrolysis) is 1. The molecule has 2 N–H and O–H groups in total. The van der Waals surface area contributed by atoms with Crippen LogP contribution in [0.3, 0.4) is 0 Å². The molecular weight excluding hydrogens is 322 g/mol. The highest BCUT2D eigenvalue weighted by atomic mass is 79.9. The lowest BCUT2D eigenvalue weighted by Crippen LogP contribution is -2.47. The van der Waals surface area contributed by atoms with E-state index >= 15 is 0 Å². The van der Waals surface area contributed by atoms with E-state index < -0.39 is 17.8 Å². The quantitative estimate of drug-likeness (QED) is 0.745. The van der Waals surface area contributed by atoms with Gasteiger partial charge in [0, 0.05) is 5.33 Å². The first-order valence-electron chi connectivity index (χ1n) is 7.55. The monoisotopic (exact) mass is 349 g/mol. The first-order valence-corrected chi connectivity index (χ1v) is 8.67. The van der Waals surface area contributed by atoms with Gasteiger partial charge in [0.15, 0.2) is 0 Å². The summed E-state index contributed by atoms with van der Waals surface area (Å²) in [4.78, 5) is 11.9. The smallest absolute Gasteiger partial charge is 0.407 e. The summed E-state index contributed by atoms with van der Waals surface area (Å²) >= 11 is 3.29. The molecule has 0 aromatic rings. The molecule has 0 aliphatic heterocycles. The number of alkyl halides is 1. The van der Waals surface area contributed by atoms with Crippen molar-refractivity contribution in [3.05, 3.63) is 0 Å². The Labute approximate surface area is 130 Å². The minimum atomic E-state index is -0.579. The number of aliphatic hydroxyl groups excluding tert-OH is 1. The normalized spacial score (nSPS) is 20.2. The second-order valence-corrected chi connectivity index (χ2v) is 7.36. The molecule has 1 amide bonds. The Morgan fingerprint density at radius 2 is 1.95 bits per heavy atom. The number of hydrogen-bond donors (Lipinski definition) is 2. The zero-order valence-corrected chi connectivity index (χ0v) is 14.4. The summed E-state index contributed by atoms with van der Waals surface area (Å²) in [5.41, 5.74) is -0.515. The lowest BCUT2D eigenvalue weighted by molar-refractivity contribution is 0.0417. The maximum Gasteiger partial charge on any atom is 0.407 e. The number of rotatable bonds is 5. The second-order valence-electron chi connectivity index (χ2n) is 6.71. The van der Waals surface area contributed by atoms with E-state index in [1.165, 1.54) is 32.1 Å². The van der Waals surface area contributed by atoms with Gasteiger partial charge in [-0.1, -0.05) is 48.0 Å². The van der Waals surface area contributed by atoms with Gasteiger partial charge in [-0.3, -0.25) is 0 Å². The highest BCUT2D eigenvalue weighted by Gasteiger charge is 2.27. The van der Waals surface area contributed by atoms with Crippen LogP contribution in [0.2, 0.25) is 0 Å². The van der Waals surface area contributed by atoms with Crippen LogP contribution in [0.1, 0.15) is 59.3 Å². The molecule has 20 heavy (non-hydrogen) atoms. The predicted octanol–water partition coefficient (Wildman–Crippen LogP) is 3.61. The highest BCUT2D eigenvalue weighted by molar-refractivity contribution is 9.09. The van der Waals surface area contributed by atoms with Crippen LogP contribution in [0.25, 0.3) is 0 Å². The molecule has 0 saturated heterocycles. The van der Waals surface area contributed by atoms with Gasteiger partial charge in [0.2, 0.25) is 0 Å². The fraction of sp³-hybridized carbons (Fsp3) is 0.933. The number of halogens is 1. The molecule has 0 radical (unpaired) electrons. The van der Waals surface area contributed by atoms with Crippen LogP contribution in [0, 0.1) is 5.92 Å². The number of ether oxygens (including phenoxy) is 1. The van der Waals surface area contributed by atoms with Crippen molar-refractivity contribution in [1.82, 2.24) is 5.32 Å². The van der Waals surface area contributed by atoms with E-state index in [0.717, 1.165) is 6.42 Å². The zero-order chi connectivity index (χ0) is 15.2. The number of nitrogens with one attached hydrogen (secondary N) is 1. The standard InChI is InChI=1S/C15H28BrNO3/c1-15(2,3)20-14(19)17-12(13(18)10-16)9-11-7-5-4-6-8-11/h11-13,18H,4-10H2,1-3H3,(H,17,19)/t12-,13+/m0/s1. The van der Waals surface area contributed by atoms with E-state index in [9.17, 15) is 9.90 Å². The molecule has 5 heteroatoms. The first kappa shape index (κ1) is 17.8. The van der Waals surface area contributed by atoms with E-state index in [4.69, 9.17) is 4.74 Å². The Morgan fingerprint density at radius 3 is 2.45 bits per heavy atom. The molecule has 0 aromatic heterocycles. The van der Waals surface area contributed by atoms with E-state index in [2.05, 4.69) is 21.2 Å². The van der Waals surface area contributed by atoms with E-state index in [0.29, 0.717) is 11.2 Å². The van der Waals surface area contributed by atoms with Crippen LogP contribution in [-0.4, -0.2) is 34.3 Å². The summed E-state index contributed by atoms with van der Waals surface area (Å²) in [6.45, 7) is 5.51. The molecule has 1 saturated carbocycles. The van der Waals surface area contributed by atoms with Gasteiger partial charge < -0.3 is 15.2 Å². The molecule has 1 aliphatic carbocycles. The lowest BCUT2D eigenvalue weighted by atomic mass is 9.84. The molecule has 4 nitrogen and oxygen atoms in total. The minimum Gasteiger partial charge on any atom is -0.444 e. The summed E-state index contributed by atoms with van der Waals surface area (Å²) in [5, 5.41) is 13.4. The number of carbonyl (C=O) groups excluding carboxylic acids is 1. The van der Waals surface area contributed by atoms with Crippen molar-refractivity contribution in [1.29, 1.82) is 0 Å². The van der Waals surface area contributed by atoms with Crippen LogP contribution < -0.4 is 5.32 Å². The van der Waals surface area contributed by atoms with Crippen molar-refractivity contribution < 1.29 is 14.6 Å². The zero-order valence-electron chi connectivity index (χ0n) is 12.8. The molecule has 1 fully saturated rings. The van der Waals surface area contributed by atoms with E-state index in [-0.39, 0.29) is 6.04 Å². The average Bonchev–Trinajstić information content (AvgIpc) is 2.36. The van der Waals surface area contributed by atoms with Crippen molar-refractivity contribution in [3.63, 3.8) is 0 Å². The Bertz CT molecular complexity index is 298. The lowest BCUT2D eigenvalue weighted by Gasteiger charge is -2.30. The third-order valence-corrected chi connectivity index (χ3v) is 4.30. The SMILES string of the molecule is CC(C)(C)OC(=O)N[C@@H](CC1CCCCC1)[C@H](O)CBr. The molecule has 0 bridgehead atoms. The summed E-state index contributed by atoms with van der Waals surface area (Å²) in [6.07, 6.45) is 6.02. The molecule has 2 atom stereocenters. The van der Waals surface area contributed by atoms with Gasteiger partial charge in [-0.05, 0) is 33.1 Å². The van der Waals surface area contributed by atoms with Crippen molar-refractivity contribution >= 4 is 22.0 Å². The van der Waals surface area contributed by atoms with Crippen LogP contribution in [0.15, 0.2) is 0 Å². The highest BCUT2D eigenvalue weighted by Crippen LogP contribution is 2.28. The van der Waals surface area contributed by atoms with Crippen LogP contribution >= 0.6 is 15.9 Å². The summed E-state index contributed by atoms with van der Waals surface area (Å²) < 4.78 is 5.28. The van der Waals surface area contributed by atoms with Gasteiger partial charge in [-0.25, -0.2) is 4.79 Å². The van der Waals surface area contributed by atoms with Crippen LogP contribution in [0.5, 0.6) is 0 Å². The van der Waals surface area contributed by atoms with Crippen LogP contribution in [-0.2, 0) is 4.74 Å². The molecule has 0 heterocycles. The fourth-order valence-corrected chi connectivity index (χ4v) is 3.11. The van der Waals surface area contributed by atoms with E-state index in [1.807, 2.05) is 20.8 Å². The summed E-state index contributed by atoms with van der Waals surface area (Å²) in [7, 11) is 0. The van der Waals surface area contributed by atoms with Gasteiger partial charge in [0.05, 0.1) is 12.1 Å². The van der Waals surface area contributed by atoms with Crippen molar-refractivity contribution in [2.75, 3.05) is 5.33 Å². The molecule has 1 rings (SSSR count). The minimum absolute atomic E-state index is 0.243. The van der Waals surface area contributed by atoms with Gasteiger partial charge in [0.25, 0.3) is 0 Å². The maximum absolute atomic E-state index is 11.9. The number of carbonyl (C=O) groups is 1. The Morgan fingerprint density at radius 1 is 1.35 bits per heavy atom. The van der Waals surface area contributed by atoms with Gasteiger partial charge in [-0.15, -0.1) is 0 Å². The van der Waals surface area contributed by atoms with Crippen LogP contribution in [0.4, 0.5) is 4.79 Å². The predicted molar refractivity (Wildman–Crippen MR) is 84.2 cm³/mol. The molecule has 0 aromatic carbocycles. The number of aliphatic hydroxyl groups is 1. The van der Waals surface area contributed by atoms with Gasteiger partial charge >= 0.3 is 6.09 Å². The Balaban J connectivity index is 2.52. The Hall–Kier alpha value is -0.290. The molecular formula is C15H28BrNO3. The third-order valence-electron chi connectivity index (χ3n) is 3.64. The average molecular weight is 350 g/mol. The summed E-state index contributed by atoms with van der Waals surface area (Å²) in [6, 6.07) is -0.243. The van der Waals surface area contributed by atoms with Gasteiger partial charge in [-0.2, -0.15) is 0 Å². The summed E-state index contributed by atoms with van der Waals surface area (Å²) in [5.74, 6) is 0.595. The molecule has 0 spiro atoms. The second kappa shape index (κ2) is 8.23. The van der Waals surface area contributed by atoms with Crippen molar-refractivity contribution in [3.8, 4) is 0 Å². The fourth-order valence-electron chi connectivity index (χ4n) is 2.66. The Kier molecular flexibility index (Phi) is 7.30. The van der Waals surface area contributed by atoms with E-state index in [1.54, 1.807) is 0 Å². The maximum atomic E-state index is 11.9. The van der Waals surface area contributed by atoms with Crippen molar-refractivity contribution in [2.45, 2.75) is 77.0 Å². The molecule has 0 unspecified atom stereocenters. The molecule has 1 aliphatic rings. The first-order chi connectivity index (χ1) is 9.31. The van der Waals surface area contributed by atoms with Gasteiger partial charge in [0.1, 0.15) is 5.60 Å².